The third-order valence-corrected chi connectivity index (χ3v) is 2.88. The molecule has 2 heteroatoms. The maximum Gasteiger partial charge on any atom is 0.182 e. The normalized spacial score (nSPS) is 17.7. The van der Waals surface area contributed by atoms with Crippen LogP contribution in [0.1, 0.15) is 37.7 Å². The topological polar surface area (TPSA) is 29.1 Å². The van der Waals surface area contributed by atoms with E-state index < -0.39 is 0 Å². The molecule has 1 aromatic carbocycles. The van der Waals surface area contributed by atoms with Crippen LogP contribution in [0.4, 0.5) is 0 Å². The summed E-state index contributed by atoms with van der Waals surface area (Å²) < 4.78 is 5.82. The third-order valence-electron chi connectivity index (χ3n) is 2.88. The highest BCUT2D eigenvalue weighted by atomic mass is 16.5. The highest BCUT2D eigenvalue weighted by Gasteiger charge is 2.15. The summed E-state index contributed by atoms with van der Waals surface area (Å²) in [6.07, 6.45) is 6.39. The molecule has 2 rings (SSSR count). The Bertz CT molecular complexity index is 307. The van der Waals surface area contributed by atoms with Crippen molar-refractivity contribution in [1.29, 1.82) is 0 Å². The molecule has 15 heavy (non-hydrogen) atoms. The lowest BCUT2D eigenvalue weighted by Crippen LogP contribution is -2.19. The third kappa shape index (κ3) is 2.88. The molecule has 0 spiro atoms. The minimum Gasteiger partial charge on any atom is -0.490 e. The van der Waals surface area contributed by atoms with Gasteiger partial charge in [-0.25, -0.2) is 0 Å². The zero-order chi connectivity index (χ0) is 10.7. The maximum absolute atomic E-state index is 11.3. The summed E-state index contributed by atoms with van der Waals surface area (Å²) in [4.78, 5) is 0. The first-order valence-corrected chi connectivity index (χ1v) is 5.69. The average Bonchev–Trinajstić information content (AvgIpc) is 2.17. The van der Waals surface area contributed by atoms with Gasteiger partial charge in [-0.15, -0.1) is 0 Å². The summed E-state index contributed by atoms with van der Waals surface area (Å²) in [5.41, 5.74) is 0.980. The van der Waals surface area contributed by atoms with Crippen LogP contribution in [0.2, 0.25) is 0 Å². The van der Waals surface area contributed by atoms with Gasteiger partial charge in [0.2, 0.25) is 0 Å². The first-order valence-electron chi connectivity index (χ1n) is 5.69. The molecule has 1 fully saturated rings. The molecule has 1 radical (unpaired) electrons. The summed E-state index contributed by atoms with van der Waals surface area (Å²) in [7, 11) is 0. The molecule has 0 saturated heterocycles. The van der Waals surface area contributed by atoms with Crippen molar-refractivity contribution in [3.63, 3.8) is 0 Å². The Hall–Kier alpha value is -1.18. The van der Waals surface area contributed by atoms with E-state index in [1.165, 1.54) is 19.3 Å². The average molecular weight is 205 g/mol. The molecule has 0 amide bonds. The minimum atomic E-state index is 0.0424. The monoisotopic (exact) mass is 205 g/mol. The van der Waals surface area contributed by atoms with Crippen molar-refractivity contribution in [2.75, 3.05) is 0 Å². The number of aryl methyl sites for hydroxylation is 1. The fourth-order valence-electron chi connectivity index (χ4n) is 2.16. The van der Waals surface area contributed by atoms with Crippen LogP contribution in [0.15, 0.2) is 18.2 Å². The summed E-state index contributed by atoms with van der Waals surface area (Å²) in [6.45, 7) is 1.93. The lowest BCUT2D eigenvalue weighted by molar-refractivity contribution is 0.154. The summed E-state index contributed by atoms with van der Waals surface area (Å²) in [5, 5.41) is 11.3. The summed E-state index contributed by atoms with van der Waals surface area (Å²) in [6, 6.07) is 5.16. The van der Waals surface area contributed by atoms with Gasteiger partial charge in [0.15, 0.2) is 5.75 Å². The van der Waals surface area contributed by atoms with Crippen LogP contribution in [-0.2, 0) is 5.11 Å². The van der Waals surface area contributed by atoms with E-state index in [1.54, 1.807) is 12.1 Å². The molecule has 0 N–H and O–H groups in total. The summed E-state index contributed by atoms with van der Waals surface area (Å²) >= 11 is 0. The maximum atomic E-state index is 11.3. The predicted molar refractivity (Wildman–Crippen MR) is 58.8 cm³/mol. The SMILES string of the molecule is Cc1cc([O])cc(OC2CCCCC2)c1. The van der Waals surface area contributed by atoms with Gasteiger partial charge < -0.3 is 4.74 Å². The molecule has 1 saturated carbocycles. The van der Waals surface area contributed by atoms with Crippen molar-refractivity contribution in [3.05, 3.63) is 23.8 Å². The van der Waals surface area contributed by atoms with Crippen LogP contribution in [0.3, 0.4) is 0 Å². The van der Waals surface area contributed by atoms with Gasteiger partial charge in [-0.05, 0) is 50.3 Å². The number of hydrogen-bond donors (Lipinski definition) is 0. The molecular weight excluding hydrogens is 188 g/mol. The number of rotatable bonds is 2. The lowest BCUT2D eigenvalue weighted by Gasteiger charge is -2.23. The molecule has 0 aliphatic heterocycles. The summed E-state index contributed by atoms with van der Waals surface area (Å²) in [5.74, 6) is 0.785. The molecule has 0 bridgehead atoms. The predicted octanol–water partition coefficient (Wildman–Crippen LogP) is 3.85. The number of ether oxygens (including phenoxy) is 1. The largest absolute Gasteiger partial charge is 0.490 e. The highest BCUT2D eigenvalue weighted by Crippen LogP contribution is 2.26. The first kappa shape index (κ1) is 10.3. The van der Waals surface area contributed by atoms with Gasteiger partial charge in [0.05, 0.1) is 6.10 Å². The second-order valence-corrected chi connectivity index (χ2v) is 4.36. The molecule has 2 nitrogen and oxygen atoms in total. The van der Waals surface area contributed by atoms with E-state index in [-0.39, 0.29) is 5.75 Å². The van der Waals surface area contributed by atoms with Crippen molar-refractivity contribution in [1.82, 2.24) is 0 Å². The smallest absolute Gasteiger partial charge is 0.182 e. The molecule has 0 heterocycles. The van der Waals surface area contributed by atoms with Crippen molar-refractivity contribution >= 4 is 0 Å². The van der Waals surface area contributed by atoms with E-state index in [9.17, 15) is 5.11 Å². The number of benzene rings is 1. The van der Waals surface area contributed by atoms with E-state index in [4.69, 9.17) is 4.74 Å². The Labute approximate surface area is 90.9 Å². The Morgan fingerprint density at radius 3 is 2.53 bits per heavy atom. The zero-order valence-electron chi connectivity index (χ0n) is 9.16. The van der Waals surface area contributed by atoms with E-state index in [2.05, 4.69) is 0 Å². The van der Waals surface area contributed by atoms with Crippen molar-refractivity contribution in [2.45, 2.75) is 45.1 Å². The van der Waals surface area contributed by atoms with E-state index in [0.29, 0.717) is 6.10 Å². The Morgan fingerprint density at radius 2 is 1.87 bits per heavy atom. The first-order chi connectivity index (χ1) is 7.24. The second kappa shape index (κ2) is 4.56. The van der Waals surface area contributed by atoms with Crippen LogP contribution in [-0.4, -0.2) is 6.10 Å². The minimum absolute atomic E-state index is 0.0424. The Balaban J connectivity index is 2.02. The van der Waals surface area contributed by atoms with Gasteiger partial charge in [-0.2, -0.15) is 0 Å². The van der Waals surface area contributed by atoms with E-state index in [1.807, 2.05) is 13.0 Å². The molecular formula is C13H17O2. The van der Waals surface area contributed by atoms with Gasteiger partial charge in [0.25, 0.3) is 0 Å². The van der Waals surface area contributed by atoms with E-state index >= 15 is 0 Å². The fraction of sp³-hybridized carbons (Fsp3) is 0.538. The van der Waals surface area contributed by atoms with Crippen molar-refractivity contribution in [3.8, 4) is 11.5 Å². The van der Waals surface area contributed by atoms with Crippen LogP contribution >= 0.6 is 0 Å². The zero-order valence-corrected chi connectivity index (χ0v) is 9.16. The van der Waals surface area contributed by atoms with Gasteiger partial charge in [-0.3, -0.25) is 5.11 Å². The fourth-order valence-corrected chi connectivity index (χ4v) is 2.16. The van der Waals surface area contributed by atoms with Gasteiger partial charge in [0.1, 0.15) is 5.75 Å². The van der Waals surface area contributed by atoms with Gasteiger partial charge in [0, 0.05) is 6.07 Å². The van der Waals surface area contributed by atoms with Crippen molar-refractivity contribution in [2.24, 2.45) is 0 Å². The lowest BCUT2D eigenvalue weighted by atomic mass is 9.98. The molecule has 0 atom stereocenters. The number of hydrogen-bond acceptors (Lipinski definition) is 1. The molecule has 81 valence electrons. The van der Waals surface area contributed by atoms with E-state index in [0.717, 1.165) is 24.2 Å². The van der Waals surface area contributed by atoms with Crippen LogP contribution in [0.25, 0.3) is 0 Å². The standard InChI is InChI=1S/C13H17O2/c1-10-7-11(14)9-13(8-10)15-12-5-3-2-4-6-12/h7-9,12H,2-6H2,1H3. The molecule has 0 unspecified atom stereocenters. The van der Waals surface area contributed by atoms with Crippen LogP contribution in [0.5, 0.6) is 11.5 Å². The Kier molecular flexibility index (Phi) is 3.14. The molecule has 1 aromatic rings. The molecule has 1 aliphatic rings. The second-order valence-electron chi connectivity index (χ2n) is 4.36. The van der Waals surface area contributed by atoms with Gasteiger partial charge >= 0.3 is 0 Å². The Morgan fingerprint density at radius 1 is 1.13 bits per heavy atom. The molecule has 0 aromatic heterocycles. The van der Waals surface area contributed by atoms with Crippen LogP contribution < -0.4 is 4.74 Å². The van der Waals surface area contributed by atoms with Crippen molar-refractivity contribution < 1.29 is 9.84 Å². The highest BCUT2D eigenvalue weighted by molar-refractivity contribution is 5.36. The molecule has 1 aliphatic carbocycles. The quantitative estimate of drug-likeness (QED) is 0.721. The van der Waals surface area contributed by atoms with Crippen LogP contribution in [0, 0.1) is 6.92 Å². The van der Waals surface area contributed by atoms with Gasteiger partial charge in [-0.1, -0.05) is 6.42 Å².